The number of nitrogens with zero attached hydrogens (tertiary/aromatic N) is 1. The summed E-state index contributed by atoms with van der Waals surface area (Å²) in [6, 6.07) is 7.07. The summed E-state index contributed by atoms with van der Waals surface area (Å²) in [6.07, 6.45) is -5.65. The summed E-state index contributed by atoms with van der Waals surface area (Å²) in [7, 11) is 13.0. The fourth-order valence-electron chi connectivity index (χ4n) is 4.46. The lowest BCUT2D eigenvalue weighted by atomic mass is 9.76. The summed E-state index contributed by atoms with van der Waals surface area (Å²) in [5.41, 5.74) is -3.12. The summed E-state index contributed by atoms with van der Waals surface area (Å²) in [6.45, 7) is -1.10. The van der Waals surface area contributed by atoms with Crippen molar-refractivity contribution in [3.8, 4) is 11.5 Å². The van der Waals surface area contributed by atoms with Gasteiger partial charge in [0.25, 0.3) is 5.91 Å². The number of carbonyl (C=O) groups excluding carboxylic acids is 1. The molecule has 1 amide bonds. The van der Waals surface area contributed by atoms with Gasteiger partial charge in [0.2, 0.25) is 0 Å². The first kappa shape index (κ1) is 27.2. The van der Waals surface area contributed by atoms with Crippen LogP contribution in [0.5, 0.6) is 11.5 Å². The van der Waals surface area contributed by atoms with Crippen LogP contribution in [0.2, 0.25) is 0 Å². The lowest BCUT2D eigenvalue weighted by molar-refractivity contribution is -0.325. The number of benzene rings is 2. The van der Waals surface area contributed by atoms with E-state index < -0.39 is 54.4 Å². The second kappa shape index (κ2) is 10.1. The third-order valence-corrected chi connectivity index (χ3v) is 5.98. The number of fused-ring (bicyclic) bond motifs is 1. The molecule has 2 saturated heterocycles. The molecule has 2 aromatic rings. The van der Waals surface area contributed by atoms with Gasteiger partial charge >= 0.3 is 6.36 Å². The molecule has 0 bridgehead atoms. The standard InChI is InChI=1S/C23H20B2F5NO6/c1-33-18-8-13(2-3-17(18)34-6-7-35-23(28,29)30)20(32)31-5-4-21(14-9-15(26)11-16(27)10-14)19(12-31)36-22(24,25)37-21/h2-3,8-11,19H,4-7,12H2,1H3/t19-,21-/m1/s1. The van der Waals surface area contributed by atoms with E-state index in [1.54, 1.807) is 0 Å². The average molecular weight is 523 g/mol. The zero-order chi connectivity index (χ0) is 27.0. The molecule has 4 rings (SSSR count). The number of ether oxygens (including phenoxy) is 5. The highest BCUT2D eigenvalue weighted by atomic mass is 19.4. The minimum absolute atomic E-state index is 0.0670. The Balaban J connectivity index is 1.50. The van der Waals surface area contributed by atoms with Gasteiger partial charge in [0, 0.05) is 24.6 Å². The quantitative estimate of drug-likeness (QED) is 0.316. The average Bonchev–Trinajstić information content (AvgIpc) is 3.10. The highest BCUT2D eigenvalue weighted by molar-refractivity contribution is 6.38. The first-order valence-corrected chi connectivity index (χ1v) is 11.0. The Morgan fingerprint density at radius 2 is 1.81 bits per heavy atom. The number of rotatable bonds is 7. The molecule has 0 N–H and O–H groups in total. The lowest BCUT2D eigenvalue weighted by Gasteiger charge is -2.42. The van der Waals surface area contributed by atoms with Crippen LogP contribution in [0.1, 0.15) is 22.3 Å². The maximum absolute atomic E-state index is 14.0. The Bertz CT molecular complexity index is 1150. The minimum Gasteiger partial charge on any atom is -0.493 e. The molecule has 7 nitrogen and oxygen atoms in total. The summed E-state index contributed by atoms with van der Waals surface area (Å²) < 4.78 is 89.8. The molecule has 14 heteroatoms. The summed E-state index contributed by atoms with van der Waals surface area (Å²) in [5, 5.41) is 0. The highest BCUT2D eigenvalue weighted by Crippen LogP contribution is 2.47. The van der Waals surface area contributed by atoms with Gasteiger partial charge in [-0.15, -0.1) is 13.2 Å². The number of methoxy groups -OCH3 is 1. The van der Waals surface area contributed by atoms with E-state index >= 15 is 0 Å². The molecule has 0 aromatic heterocycles. The number of hydrogen-bond acceptors (Lipinski definition) is 6. The van der Waals surface area contributed by atoms with E-state index in [9.17, 15) is 26.7 Å². The molecule has 0 aliphatic carbocycles. The van der Waals surface area contributed by atoms with E-state index in [2.05, 4.69) is 4.74 Å². The van der Waals surface area contributed by atoms with Gasteiger partial charge < -0.3 is 23.8 Å². The molecule has 0 spiro atoms. The first-order chi connectivity index (χ1) is 17.3. The molecule has 2 heterocycles. The van der Waals surface area contributed by atoms with Crippen LogP contribution >= 0.6 is 0 Å². The van der Waals surface area contributed by atoms with Crippen molar-refractivity contribution in [2.45, 2.75) is 30.1 Å². The van der Waals surface area contributed by atoms with E-state index in [1.165, 1.54) is 30.2 Å². The summed E-state index contributed by atoms with van der Waals surface area (Å²) in [5.74, 6) is -1.87. The summed E-state index contributed by atoms with van der Waals surface area (Å²) >= 11 is 0. The molecule has 2 atom stereocenters. The number of piperidine rings is 1. The first-order valence-electron chi connectivity index (χ1n) is 11.0. The Kier molecular flexibility index (Phi) is 7.46. The zero-order valence-corrected chi connectivity index (χ0v) is 19.5. The van der Waals surface area contributed by atoms with Crippen LogP contribution in [-0.2, 0) is 19.8 Å². The van der Waals surface area contributed by atoms with Crippen LogP contribution in [0.15, 0.2) is 36.4 Å². The molecule has 4 radical (unpaired) electrons. The van der Waals surface area contributed by atoms with E-state index in [0.717, 1.165) is 12.1 Å². The molecular formula is C23H20B2F5NO6. The second-order valence-corrected chi connectivity index (χ2v) is 8.49. The third kappa shape index (κ3) is 6.02. The predicted octanol–water partition coefficient (Wildman–Crippen LogP) is 2.99. The van der Waals surface area contributed by atoms with E-state index in [4.69, 9.17) is 34.6 Å². The van der Waals surface area contributed by atoms with Crippen molar-refractivity contribution < 1.29 is 50.4 Å². The SMILES string of the molecule is [B]C1([B])O[C@@H]2CN(C(=O)c3ccc(OCCOC(F)(F)F)c(OC)c3)CC[C@]2(c2cc(F)cc(F)c2)O1. The van der Waals surface area contributed by atoms with Gasteiger partial charge in [-0.3, -0.25) is 9.53 Å². The lowest BCUT2D eigenvalue weighted by Crippen LogP contribution is -2.53. The van der Waals surface area contributed by atoms with Crippen LogP contribution in [0, 0.1) is 11.6 Å². The highest BCUT2D eigenvalue weighted by Gasteiger charge is 2.56. The van der Waals surface area contributed by atoms with E-state index in [-0.39, 0.29) is 42.1 Å². The van der Waals surface area contributed by atoms with Crippen LogP contribution < -0.4 is 9.47 Å². The zero-order valence-electron chi connectivity index (χ0n) is 19.5. The number of halogens is 5. The van der Waals surface area contributed by atoms with Crippen molar-refractivity contribution in [3.63, 3.8) is 0 Å². The number of carbonyl (C=O) groups is 1. The van der Waals surface area contributed by atoms with Crippen molar-refractivity contribution in [1.29, 1.82) is 0 Å². The second-order valence-electron chi connectivity index (χ2n) is 8.49. The van der Waals surface area contributed by atoms with Gasteiger partial charge in [-0.05, 0) is 35.9 Å². The van der Waals surface area contributed by atoms with Gasteiger partial charge in [-0.25, -0.2) is 8.78 Å². The van der Waals surface area contributed by atoms with Crippen LogP contribution in [-0.4, -0.2) is 78.0 Å². The summed E-state index contributed by atoms with van der Waals surface area (Å²) in [4.78, 5) is 14.7. The van der Waals surface area contributed by atoms with Crippen LogP contribution in [0.25, 0.3) is 0 Å². The van der Waals surface area contributed by atoms with Crippen molar-refractivity contribution >= 4 is 21.6 Å². The predicted molar refractivity (Wildman–Crippen MR) is 119 cm³/mol. The number of hydrogen-bond donors (Lipinski definition) is 0. The number of amides is 1. The number of likely N-dealkylation sites (tertiary alicyclic amines) is 1. The fourth-order valence-corrected chi connectivity index (χ4v) is 4.46. The van der Waals surface area contributed by atoms with Crippen molar-refractivity contribution in [2.24, 2.45) is 0 Å². The molecule has 0 saturated carbocycles. The van der Waals surface area contributed by atoms with Crippen molar-refractivity contribution in [2.75, 3.05) is 33.4 Å². The number of alkyl halides is 3. The van der Waals surface area contributed by atoms with Gasteiger partial charge in [-0.2, -0.15) is 0 Å². The third-order valence-electron chi connectivity index (χ3n) is 5.98. The maximum Gasteiger partial charge on any atom is 0.522 e. The Morgan fingerprint density at radius 1 is 1.11 bits per heavy atom. The maximum atomic E-state index is 14.0. The monoisotopic (exact) mass is 523 g/mol. The van der Waals surface area contributed by atoms with E-state index in [1.807, 2.05) is 0 Å². The smallest absolute Gasteiger partial charge is 0.493 e. The molecule has 2 aliphatic rings. The minimum atomic E-state index is -4.78. The molecular weight excluding hydrogens is 503 g/mol. The largest absolute Gasteiger partial charge is 0.522 e. The van der Waals surface area contributed by atoms with Crippen LogP contribution in [0.3, 0.4) is 0 Å². The normalized spacial score (nSPS) is 23.0. The Labute approximate surface area is 211 Å². The fraction of sp³-hybridized carbons (Fsp3) is 0.435. The van der Waals surface area contributed by atoms with Gasteiger partial charge in [0.15, 0.2) is 11.5 Å². The van der Waals surface area contributed by atoms with E-state index in [0.29, 0.717) is 6.07 Å². The molecule has 2 aromatic carbocycles. The molecule has 0 unspecified atom stereocenters. The molecule has 2 fully saturated rings. The molecule has 2 aliphatic heterocycles. The van der Waals surface area contributed by atoms with Crippen molar-refractivity contribution in [1.82, 2.24) is 4.90 Å². The Hall–Kier alpha value is -2.83. The van der Waals surface area contributed by atoms with Crippen molar-refractivity contribution in [3.05, 3.63) is 59.2 Å². The van der Waals surface area contributed by atoms with Gasteiger partial charge in [-0.1, -0.05) is 0 Å². The van der Waals surface area contributed by atoms with Gasteiger partial charge in [0.1, 0.15) is 45.6 Å². The topological polar surface area (TPSA) is 66.5 Å². The Morgan fingerprint density at radius 3 is 2.46 bits per heavy atom. The van der Waals surface area contributed by atoms with Crippen LogP contribution in [0.4, 0.5) is 22.0 Å². The van der Waals surface area contributed by atoms with Gasteiger partial charge in [0.05, 0.1) is 25.8 Å². The molecule has 194 valence electrons. The molecule has 37 heavy (non-hydrogen) atoms.